The van der Waals surface area contributed by atoms with Gasteiger partial charge < -0.3 is 19.5 Å². The quantitative estimate of drug-likeness (QED) is 0.901. The van der Waals surface area contributed by atoms with E-state index < -0.39 is 11.7 Å². The Kier molecular flexibility index (Phi) is 5.28. The summed E-state index contributed by atoms with van der Waals surface area (Å²) in [5.74, 6) is -0.300. The van der Waals surface area contributed by atoms with Crippen LogP contribution in [-0.4, -0.2) is 27.2 Å². The average Bonchev–Trinajstić information content (AvgIpc) is 2.55. The highest BCUT2D eigenvalue weighted by atomic mass is 35.5. The summed E-state index contributed by atoms with van der Waals surface area (Å²) in [7, 11) is 4.30. The standard InChI is InChI=1S/C16H15ClFNO4/c1-21-13-7-5-10(14(22-2)15(13)23-3)16(20)19-12-6-4-9(17)8-11(12)18/h4-8H,1-3H3,(H,19,20). The van der Waals surface area contributed by atoms with Crippen molar-refractivity contribution < 1.29 is 23.4 Å². The molecule has 0 heterocycles. The SMILES string of the molecule is COc1ccc(C(=O)Nc2ccc(Cl)cc2F)c(OC)c1OC. The molecule has 0 atom stereocenters. The molecule has 122 valence electrons. The Labute approximate surface area is 137 Å². The monoisotopic (exact) mass is 339 g/mol. The van der Waals surface area contributed by atoms with Crippen molar-refractivity contribution in [2.24, 2.45) is 0 Å². The van der Waals surface area contributed by atoms with Crippen molar-refractivity contribution >= 4 is 23.2 Å². The van der Waals surface area contributed by atoms with Gasteiger partial charge in [0.2, 0.25) is 5.75 Å². The van der Waals surface area contributed by atoms with Gasteiger partial charge in [0.05, 0.1) is 32.6 Å². The van der Waals surface area contributed by atoms with Gasteiger partial charge in [-0.15, -0.1) is 0 Å². The van der Waals surface area contributed by atoms with Crippen molar-refractivity contribution in [1.29, 1.82) is 0 Å². The summed E-state index contributed by atoms with van der Waals surface area (Å²) in [5.41, 5.74) is 0.190. The molecular weight excluding hydrogens is 325 g/mol. The first kappa shape index (κ1) is 16.9. The molecular formula is C16H15ClFNO4. The molecule has 0 aliphatic heterocycles. The second-order valence-corrected chi connectivity index (χ2v) is 4.90. The van der Waals surface area contributed by atoms with Crippen LogP contribution in [0, 0.1) is 5.82 Å². The van der Waals surface area contributed by atoms with Crippen molar-refractivity contribution in [1.82, 2.24) is 0 Å². The van der Waals surface area contributed by atoms with E-state index in [1.165, 1.54) is 39.5 Å². The van der Waals surface area contributed by atoms with E-state index in [2.05, 4.69) is 5.32 Å². The van der Waals surface area contributed by atoms with E-state index in [1.54, 1.807) is 6.07 Å². The smallest absolute Gasteiger partial charge is 0.259 e. The molecule has 2 rings (SSSR count). The molecule has 0 fully saturated rings. The number of hydrogen-bond donors (Lipinski definition) is 1. The van der Waals surface area contributed by atoms with Crippen LogP contribution in [-0.2, 0) is 0 Å². The first-order valence-corrected chi connectivity index (χ1v) is 6.95. The Hall–Kier alpha value is -2.47. The summed E-state index contributed by atoms with van der Waals surface area (Å²) in [6, 6.07) is 7.04. The third-order valence-electron chi connectivity index (χ3n) is 3.13. The van der Waals surface area contributed by atoms with Gasteiger partial charge in [-0.3, -0.25) is 4.79 Å². The van der Waals surface area contributed by atoms with E-state index in [0.717, 1.165) is 6.07 Å². The highest BCUT2D eigenvalue weighted by Crippen LogP contribution is 2.40. The summed E-state index contributed by atoms with van der Waals surface area (Å²) in [5, 5.41) is 2.71. The molecule has 1 amide bonds. The Morgan fingerprint density at radius 3 is 2.30 bits per heavy atom. The topological polar surface area (TPSA) is 56.8 Å². The van der Waals surface area contributed by atoms with E-state index >= 15 is 0 Å². The lowest BCUT2D eigenvalue weighted by molar-refractivity contribution is 0.102. The van der Waals surface area contributed by atoms with E-state index in [4.69, 9.17) is 25.8 Å². The highest BCUT2D eigenvalue weighted by molar-refractivity contribution is 6.30. The second-order valence-electron chi connectivity index (χ2n) is 4.46. The van der Waals surface area contributed by atoms with Crippen LogP contribution in [0.2, 0.25) is 5.02 Å². The number of ether oxygens (including phenoxy) is 3. The molecule has 5 nitrogen and oxygen atoms in total. The number of carbonyl (C=O) groups is 1. The summed E-state index contributed by atoms with van der Waals surface area (Å²) < 4.78 is 29.4. The number of amides is 1. The van der Waals surface area contributed by atoms with Crippen molar-refractivity contribution in [3.63, 3.8) is 0 Å². The van der Waals surface area contributed by atoms with E-state index in [9.17, 15) is 9.18 Å². The average molecular weight is 340 g/mol. The summed E-state index contributed by atoms with van der Waals surface area (Å²) >= 11 is 5.69. The van der Waals surface area contributed by atoms with Gasteiger partial charge >= 0.3 is 0 Å². The first-order chi connectivity index (χ1) is 11.0. The van der Waals surface area contributed by atoms with E-state index in [-0.39, 0.29) is 27.8 Å². The van der Waals surface area contributed by atoms with Gasteiger partial charge in [-0.2, -0.15) is 0 Å². The third kappa shape index (κ3) is 3.48. The van der Waals surface area contributed by atoms with Crippen LogP contribution < -0.4 is 19.5 Å². The van der Waals surface area contributed by atoms with Gasteiger partial charge in [0.15, 0.2) is 11.5 Å². The normalized spacial score (nSPS) is 10.1. The van der Waals surface area contributed by atoms with E-state index in [0.29, 0.717) is 5.75 Å². The summed E-state index contributed by atoms with van der Waals surface area (Å²) in [6.45, 7) is 0. The van der Waals surface area contributed by atoms with Crippen molar-refractivity contribution in [3.05, 3.63) is 46.7 Å². The predicted octanol–water partition coefficient (Wildman–Crippen LogP) is 3.76. The second kappa shape index (κ2) is 7.19. The molecule has 0 saturated carbocycles. The van der Waals surface area contributed by atoms with Crippen LogP contribution in [0.1, 0.15) is 10.4 Å². The molecule has 0 radical (unpaired) electrons. The van der Waals surface area contributed by atoms with Crippen LogP contribution in [0.4, 0.5) is 10.1 Å². The fourth-order valence-electron chi connectivity index (χ4n) is 2.06. The van der Waals surface area contributed by atoms with Crippen LogP contribution >= 0.6 is 11.6 Å². The highest BCUT2D eigenvalue weighted by Gasteiger charge is 2.21. The lowest BCUT2D eigenvalue weighted by Crippen LogP contribution is -2.14. The molecule has 2 aromatic carbocycles. The molecule has 0 unspecified atom stereocenters. The number of hydrogen-bond acceptors (Lipinski definition) is 4. The Balaban J connectivity index is 2.39. The molecule has 0 aliphatic rings. The zero-order valence-electron chi connectivity index (χ0n) is 12.8. The number of methoxy groups -OCH3 is 3. The largest absolute Gasteiger partial charge is 0.493 e. The molecule has 0 aliphatic carbocycles. The van der Waals surface area contributed by atoms with Gasteiger partial charge in [-0.25, -0.2) is 4.39 Å². The third-order valence-corrected chi connectivity index (χ3v) is 3.36. The number of halogens is 2. The molecule has 0 bridgehead atoms. The van der Waals surface area contributed by atoms with Gasteiger partial charge in [0.1, 0.15) is 5.82 Å². The Morgan fingerprint density at radius 2 is 1.74 bits per heavy atom. The van der Waals surface area contributed by atoms with Crippen molar-refractivity contribution in [2.45, 2.75) is 0 Å². The van der Waals surface area contributed by atoms with E-state index in [1.807, 2.05) is 0 Å². The minimum atomic E-state index is -0.634. The maximum atomic E-state index is 13.8. The lowest BCUT2D eigenvalue weighted by Gasteiger charge is -2.15. The maximum Gasteiger partial charge on any atom is 0.259 e. The fourth-order valence-corrected chi connectivity index (χ4v) is 2.22. The zero-order valence-corrected chi connectivity index (χ0v) is 13.5. The molecule has 0 aromatic heterocycles. The van der Waals surface area contributed by atoms with Gasteiger partial charge in [-0.1, -0.05) is 11.6 Å². The number of carbonyl (C=O) groups excluding carboxylic acids is 1. The van der Waals surface area contributed by atoms with Crippen LogP contribution in [0.15, 0.2) is 30.3 Å². The molecule has 0 spiro atoms. The molecule has 23 heavy (non-hydrogen) atoms. The molecule has 2 aromatic rings. The predicted molar refractivity (Wildman–Crippen MR) is 85.5 cm³/mol. The minimum Gasteiger partial charge on any atom is -0.493 e. The maximum absolute atomic E-state index is 13.8. The lowest BCUT2D eigenvalue weighted by atomic mass is 10.1. The zero-order chi connectivity index (χ0) is 17.0. The Morgan fingerprint density at radius 1 is 1.04 bits per heavy atom. The van der Waals surface area contributed by atoms with Crippen LogP contribution in [0.3, 0.4) is 0 Å². The van der Waals surface area contributed by atoms with Gasteiger partial charge in [0.25, 0.3) is 5.91 Å². The first-order valence-electron chi connectivity index (χ1n) is 6.57. The number of benzene rings is 2. The van der Waals surface area contributed by atoms with Gasteiger partial charge in [0, 0.05) is 5.02 Å². The summed E-state index contributed by atoms with van der Waals surface area (Å²) in [4.78, 5) is 12.4. The van der Waals surface area contributed by atoms with Gasteiger partial charge in [-0.05, 0) is 30.3 Å². The van der Waals surface area contributed by atoms with Crippen molar-refractivity contribution in [3.8, 4) is 17.2 Å². The fraction of sp³-hybridized carbons (Fsp3) is 0.188. The number of nitrogens with one attached hydrogen (secondary N) is 1. The number of anilines is 1. The minimum absolute atomic E-state index is 0.0104. The summed E-state index contributed by atoms with van der Waals surface area (Å²) in [6.07, 6.45) is 0. The van der Waals surface area contributed by atoms with Crippen molar-refractivity contribution in [2.75, 3.05) is 26.6 Å². The molecule has 1 N–H and O–H groups in total. The Bertz CT molecular complexity index is 736. The van der Waals surface area contributed by atoms with Crippen LogP contribution in [0.25, 0.3) is 0 Å². The number of rotatable bonds is 5. The molecule has 0 saturated heterocycles. The van der Waals surface area contributed by atoms with Crippen LogP contribution in [0.5, 0.6) is 17.2 Å². The molecule has 7 heteroatoms.